The maximum absolute atomic E-state index is 11.5. The van der Waals surface area contributed by atoms with Gasteiger partial charge in [-0.3, -0.25) is 4.99 Å². The Morgan fingerprint density at radius 3 is 2.60 bits per heavy atom. The van der Waals surface area contributed by atoms with Crippen LogP contribution in [0.5, 0.6) is 0 Å². The Labute approximate surface area is 122 Å². The highest BCUT2D eigenvalue weighted by Gasteiger charge is 2.28. The second-order valence-corrected chi connectivity index (χ2v) is 8.45. The van der Waals surface area contributed by atoms with Crippen molar-refractivity contribution in [3.63, 3.8) is 0 Å². The molecule has 0 aromatic rings. The van der Waals surface area contributed by atoms with Crippen LogP contribution in [0.3, 0.4) is 0 Å². The molecule has 3 unspecified atom stereocenters. The van der Waals surface area contributed by atoms with Crippen molar-refractivity contribution >= 4 is 15.8 Å². The van der Waals surface area contributed by atoms with Crippen LogP contribution in [0.25, 0.3) is 0 Å². The fourth-order valence-corrected chi connectivity index (χ4v) is 4.89. The largest absolute Gasteiger partial charge is 0.356 e. The molecule has 20 heavy (non-hydrogen) atoms. The zero-order valence-corrected chi connectivity index (χ0v) is 13.4. The van der Waals surface area contributed by atoms with Crippen LogP contribution in [-0.2, 0) is 9.84 Å². The Balaban J connectivity index is 1.78. The monoisotopic (exact) mass is 301 g/mol. The van der Waals surface area contributed by atoms with E-state index in [0.717, 1.165) is 18.4 Å². The highest BCUT2D eigenvalue weighted by Crippen LogP contribution is 2.28. The molecule has 0 spiro atoms. The summed E-state index contributed by atoms with van der Waals surface area (Å²) in [6.07, 6.45) is 5.96. The standard InChI is InChI=1S/C14H27N3O2S/c1-11-5-3-4-6-12(11)9-16-14(15-2)17-13-7-8-20(18,19)10-13/h11-13H,3-10H2,1-2H3,(H2,15,16,17). The normalized spacial score (nSPS) is 33.9. The van der Waals surface area contributed by atoms with E-state index in [1.807, 2.05) is 0 Å². The molecule has 1 aliphatic carbocycles. The molecule has 1 heterocycles. The van der Waals surface area contributed by atoms with Crippen molar-refractivity contribution in [2.45, 2.75) is 45.1 Å². The third-order valence-corrected chi connectivity index (χ3v) is 6.39. The van der Waals surface area contributed by atoms with Crippen LogP contribution < -0.4 is 10.6 Å². The van der Waals surface area contributed by atoms with E-state index in [1.165, 1.54) is 25.7 Å². The number of rotatable bonds is 3. The van der Waals surface area contributed by atoms with Crippen LogP contribution in [0.15, 0.2) is 4.99 Å². The summed E-state index contributed by atoms with van der Waals surface area (Å²) < 4.78 is 22.9. The number of guanidine groups is 1. The van der Waals surface area contributed by atoms with Gasteiger partial charge < -0.3 is 10.6 Å². The molecule has 0 aromatic heterocycles. The highest BCUT2D eigenvalue weighted by atomic mass is 32.2. The van der Waals surface area contributed by atoms with E-state index in [9.17, 15) is 8.42 Å². The van der Waals surface area contributed by atoms with Crippen LogP contribution in [-0.4, -0.2) is 45.5 Å². The Bertz CT molecular complexity index is 447. The van der Waals surface area contributed by atoms with Gasteiger partial charge in [-0.25, -0.2) is 8.42 Å². The predicted octanol–water partition coefficient (Wildman–Crippen LogP) is 1.16. The van der Waals surface area contributed by atoms with Crippen molar-refractivity contribution in [2.75, 3.05) is 25.1 Å². The summed E-state index contributed by atoms with van der Waals surface area (Å²) in [6, 6.07) is 0.00924. The Morgan fingerprint density at radius 2 is 2.00 bits per heavy atom. The summed E-state index contributed by atoms with van der Waals surface area (Å²) in [6.45, 7) is 3.26. The van der Waals surface area contributed by atoms with Gasteiger partial charge in [0.25, 0.3) is 0 Å². The molecule has 1 aliphatic heterocycles. The molecule has 0 aromatic carbocycles. The van der Waals surface area contributed by atoms with Crippen LogP contribution >= 0.6 is 0 Å². The van der Waals surface area contributed by atoms with Gasteiger partial charge in [-0.2, -0.15) is 0 Å². The van der Waals surface area contributed by atoms with Gasteiger partial charge in [0, 0.05) is 19.6 Å². The fraction of sp³-hybridized carbons (Fsp3) is 0.929. The van der Waals surface area contributed by atoms with Gasteiger partial charge in [0.15, 0.2) is 15.8 Å². The second kappa shape index (κ2) is 6.78. The molecule has 6 heteroatoms. The van der Waals surface area contributed by atoms with Gasteiger partial charge in [-0.05, 0) is 24.7 Å². The van der Waals surface area contributed by atoms with Crippen molar-refractivity contribution in [1.82, 2.24) is 10.6 Å². The minimum absolute atomic E-state index is 0.00924. The molecule has 0 radical (unpaired) electrons. The van der Waals surface area contributed by atoms with Crippen molar-refractivity contribution < 1.29 is 8.42 Å². The zero-order chi connectivity index (χ0) is 14.6. The van der Waals surface area contributed by atoms with E-state index in [1.54, 1.807) is 7.05 Å². The van der Waals surface area contributed by atoms with Crippen LogP contribution in [0, 0.1) is 11.8 Å². The molecule has 1 saturated carbocycles. The molecule has 1 saturated heterocycles. The molecule has 116 valence electrons. The van der Waals surface area contributed by atoms with Gasteiger partial charge >= 0.3 is 0 Å². The van der Waals surface area contributed by atoms with Crippen LogP contribution in [0.4, 0.5) is 0 Å². The third kappa shape index (κ3) is 4.36. The molecular weight excluding hydrogens is 274 g/mol. The average molecular weight is 301 g/mol. The van der Waals surface area contributed by atoms with Gasteiger partial charge in [0.2, 0.25) is 0 Å². The summed E-state index contributed by atoms with van der Waals surface area (Å²) in [5.74, 6) is 2.73. The highest BCUT2D eigenvalue weighted by molar-refractivity contribution is 7.91. The van der Waals surface area contributed by atoms with Gasteiger partial charge in [-0.15, -0.1) is 0 Å². The van der Waals surface area contributed by atoms with Gasteiger partial charge in [0.05, 0.1) is 11.5 Å². The van der Waals surface area contributed by atoms with Crippen molar-refractivity contribution in [1.29, 1.82) is 0 Å². The molecular formula is C14H27N3O2S. The number of nitrogens with zero attached hydrogens (tertiary/aromatic N) is 1. The van der Waals surface area contributed by atoms with Crippen molar-refractivity contribution in [3.8, 4) is 0 Å². The molecule has 3 atom stereocenters. The first-order valence-electron chi connectivity index (χ1n) is 7.68. The number of nitrogens with one attached hydrogen (secondary N) is 2. The average Bonchev–Trinajstić information content (AvgIpc) is 2.75. The minimum atomic E-state index is -2.84. The lowest BCUT2D eigenvalue weighted by Crippen LogP contribution is -2.46. The SMILES string of the molecule is CN=C(NCC1CCCCC1C)NC1CCS(=O)(=O)C1. The zero-order valence-electron chi connectivity index (χ0n) is 12.6. The maximum Gasteiger partial charge on any atom is 0.191 e. The lowest BCUT2D eigenvalue weighted by atomic mass is 9.80. The summed E-state index contributed by atoms with van der Waals surface area (Å²) >= 11 is 0. The summed E-state index contributed by atoms with van der Waals surface area (Å²) in [4.78, 5) is 4.21. The van der Waals surface area contributed by atoms with Crippen LogP contribution in [0.2, 0.25) is 0 Å². The van der Waals surface area contributed by atoms with Gasteiger partial charge in [-0.1, -0.05) is 26.2 Å². The molecule has 0 amide bonds. The van der Waals surface area contributed by atoms with E-state index in [-0.39, 0.29) is 11.8 Å². The first-order chi connectivity index (χ1) is 9.50. The van der Waals surface area contributed by atoms with E-state index in [4.69, 9.17) is 0 Å². The van der Waals surface area contributed by atoms with Crippen molar-refractivity contribution in [2.24, 2.45) is 16.8 Å². The fourth-order valence-electron chi connectivity index (χ4n) is 3.22. The lowest BCUT2D eigenvalue weighted by Gasteiger charge is -2.29. The lowest BCUT2D eigenvalue weighted by molar-refractivity contribution is 0.256. The Morgan fingerprint density at radius 1 is 1.25 bits per heavy atom. The quantitative estimate of drug-likeness (QED) is 0.606. The van der Waals surface area contributed by atoms with E-state index in [2.05, 4.69) is 22.5 Å². The van der Waals surface area contributed by atoms with E-state index in [0.29, 0.717) is 18.1 Å². The Hall–Kier alpha value is -0.780. The first-order valence-corrected chi connectivity index (χ1v) is 9.50. The number of hydrogen-bond donors (Lipinski definition) is 2. The third-order valence-electron chi connectivity index (χ3n) is 4.62. The molecule has 2 aliphatic rings. The molecule has 2 N–H and O–H groups in total. The van der Waals surface area contributed by atoms with E-state index < -0.39 is 9.84 Å². The van der Waals surface area contributed by atoms with Gasteiger partial charge in [0.1, 0.15) is 0 Å². The Kier molecular flexibility index (Phi) is 5.29. The van der Waals surface area contributed by atoms with Crippen molar-refractivity contribution in [3.05, 3.63) is 0 Å². The number of aliphatic imine (C=N–C) groups is 1. The summed E-state index contributed by atoms with van der Waals surface area (Å²) in [5, 5.41) is 6.60. The van der Waals surface area contributed by atoms with E-state index >= 15 is 0 Å². The minimum Gasteiger partial charge on any atom is -0.356 e. The molecule has 5 nitrogen and oxygen atoms in total. The summed E-state index contributed by atoms with van der Waals surface area (Å²) in [5.41, 5.74) is 0. The molecule has 2 fully saturated rings. The molecule has 0 bridgehead atoms. The topological polar surface area (TPSA) is 70.6 Å². The smallest absolute Gasteiger partial charge is 0.191 e. The second-order valence-electron chi connectivity index (χ2n) is 6.22. The number of hydrogen-bond acceptors (Lipinski definition) is 3. The van der Waals surface area contributed by atoms with Crippen LogP contribution in [0.1, 0.15) is 39.0 Å². The predicted molar refractivity (Wildman–Crippen MR) is 82.7 cm³/mol. The molecule has 2 rings (SSSR count). The maximum atomic E-state index is 11.5. The number of sulfone groups is 1. The first kappa shape index (κ1) is 15.6. The summed E-state index contributed by atoms with van der Waals surface area (Å²) in [7, 11) is -1.10.